The van der Waals surface area contributed by atoms with Gasteiger partial charge in [-0.05, 0) is 0 Å². The van der Waals surface area contributed by atoms with E-state index >= 15 is 0 Å². The summed E-state index contributed by atoms with van der Waals surface area (Å²) in [5.41, 5.74) is 0. The first-order valence-corrected chi connectivity index (χ1v) is 3.50. The molecule has 0 aliphatic heterocycles. The summed E-state index contributed by atoms with van der Waals surface area (Å²) in [5.74, 6) is -6.32. The number of benzene rings is 1. The summed E-state index contributed by atoms with van der Waals surface area (Å²) in [6, 6.07) is 0.577. The Balaban J connectivity index is 3.46. The van der Waals surface area contributed by atoms with Crippen LogP contribution in [0, 0.1) is 23.3 Å². The first kappa shape index (κ1) is 8.59. The Morgan fingerprint density at radius 2 is 1.45 bits per heavy atom. The average molecular weight is 224 g/mol. The summed E-state index contributed by atoms with van der Waals surface area (Å²) in [6.45, 7) is 0. The van der Waals surface area contributed by atoms with Gasteiger partial charge in [-0.25, -0.2) is 0 Å². The van der Waals surface area contributed by atoms with Crippen LogP contribution in [-0.2, 0) is 0 Å². The van der Waals surface area contributed by atoms with Gasteiger partial charge in [0.15, 0.2) is 0 Å². The predicted octanol–water partition coefficient (Wildman–Crippen LogP) is 1.04. The molecule has 0 unspecified atom stereocenters. The van der Waals surface area contributed by atoms with Crippen molar-refractivity contribution in [2.45, 2.75) is 0 Å². The first-order valence-electron chi connectivity index (χ1n) is 2.56. The molecule has 3 radical (unpaired) electrons. The van der Waals surface area contributed by atoms with E-state index in [0.717, 1.165) is 0 Å². The topological polar surface area (TPSA) is 0 Å². The molecule has 5 heteroatoms. The van der Waals surface area contributed by atoms with E-state index in [1.165, 1.54) is 0 Å². The number of hydrogen-bond donors (Lipinski definition) is 0. The van der Waals surface area contributed by atoms with Gasteiger partial charge < -0.3 is 0 Å². The summed E-state index contributed by atoms with van der Waals surface area (Å²) >= 11 is 1.61. The average Bonchev–Trinajstić information content (AvgIpc) is 1.97. The maximum atomic E-state index is 12.4. The molecule has 0 amide bonds. The zero-order valence-electron chi connectivity index (χ0n) is 5.04. The first-order chi connectivity index (χ1) is 5.04. The Bertz CT molecular complexity index is 271. The van der Waals surface area contributed by atoms with Crippen molar-refractivity contribution >= 4 is 21.2 Å². The normalized spacial score (nSPS) is 10.3. The van der Waals surface area contributed by atoms with E-state index in [9.17, 15) is 17.6 Å². The second-order valence-corrected chi connectivity index (χ2v) is 2.83. The summed E-state index contributed by atoms with van der Waals surface area (Å²) in [7, 11) is 0. The van der Waals surface area contributed by atoms with Crippen LogP contribution in [0.3, 0.4) is 0 Å². The summed E-state index contributed by atoms with van der Waals surface area (Å²) in [5, 5.41) is 0. The Morgan fingerprint density at radius 1 is 0.909 bits per heavy atom. The molecule has 1 aromatic carbocycles. The van der Waals surface area contributed by atoms with Crippen LogP contribution in [0.2, 0.25) is 0 Å². The molecule has 0 bridgehead atoms. The summed E-state index contributed by atoms with van der Waals surface area (Å²) in [6.07, 6.45) is 0. The quantitative estimate of drug-likeness (QED) is 0.267. The zero-order chi connectivity index (χ0) is 8.59. The Labute approximate surface area is 68.7 Å². The van der Waals surface area contributed by atoms with Gasteiger partial charge in [0.1, 0.15) is 0 Å². The fourth-order valence-corrected chi connectivity index (χ4v) is 1.00. The van der Waals surface area contributed by atoms with Crippen molar-refractivity contribution in [1.29, 1.82) is 0 Å². The van der Waals surface area contributed by atoms with E-state index in [1.54, 1.807) is 16.9 Å². The Hall–Kier alpha value is -0.502. The molecule has 0 aliphatic carbocycles. The van der Waals surface area contributed by atoms with Crippen LogP contribution in [0.1, 0.15) is 0 Å². The van der Waals surface area contributed by atoms with Gasteiger partial charge in [-0.15, -0.1) is 0 Å². The van der Waals surface area contributed by atoms with E-state index in [1.807, 2.05) is 0 Å². The van der Waals surface area contributed by atoms with Crippen molar-refractivity contribution < 1.29 is 17.6 Å². The molecule has 0 atom stereocenters. The monoisotopic (exact) mass is 224 g/mol. The molecular formula is C6HAsF4+. The molecule has 0 aliphatic rings. The van der Waals surface area contributed by atoms with Gasteiger partial charge >= 0.3 is 68.1 Å². The molecule has 0 saturated heterocycles. The van der Waals surface area contributed by atoms with Gasteiger partial charge in [-0.3, -0.25) is 0 Å². The van der Waals surface area contributed by atoms with Gasteiger partial charge in [0, 0.05) is 0 Å². The molecule has 0 saturated carbocycles. The van der Waals surface area contributed by atoms with Crippen LogP contribution in [0.25, 0.3) is 0 Å². The summed E-state index contributed by atoms with van der Waals surface area (Å²) < 4.78 is 48.7. The number of halogens is 4. The van der Waals surface area contributed by atoms with Crippen LogP contribution >= 0.6 is 0 Å². The molecular weight excluding hydrogens is 223 g/mol. The van der Waals surface area contributed by atoms with Crippen LogP contribution in [0.4, 0.5) is 17.6 Å². The standard InChI is InChI=1S/C6HAsF4/c7-2-1-3(8)5(10)6(11)4(2)9/h1H/q+1. The van der Waals surface area contributed by atoms with Gasteiger partial charge in [0.25, 0.3) is 0 Å². The van der Waals surface area contributed by atoms with Crippen molar-refractivity contribution in [3.8, 4) is 0 Å². The molecule has 0 aromatic heterocycles. The van der Waals surface area contributed by atoms with Crippen molar-refractivity contribution in [3.63, 3.8) is 0 Å². The molecule has 1 rings (SSSR count). The van der Waals surface area contributed by atoms with E-state index in [-0.39, 0.29) is 4.35 Å². The van der Waals surface area contributed by atoms with E-state index in [4.69, 9.17) is 0 Å². The fourth-order valence-electron chi connectivity index (χ4n) is 0.560. The minimum absolute atomic E-state index is 0.311. The van der Waals surface area contributed by atoms with Crippen LogP contribution in [-0.4, -0.2) is 16.9 Å². The third kappa shape index (κ3) is 1.40. The molecule has 0 heterocycles. The van der Waals surface area contributed by atoms with Crippen molar-refractivity contribution in [2.24, 2.45) is 0 Å². The van der Waals surface area contributed by atoms with Crippen molar-refractivity contribution in [1.82, 2.24) is 0 Å². The van der Waals surface area contributed by atoms with E-state index < -0.39 is 23.3 Å². The third-order valence-electron chi connectivity index (χ3n) is 1.08. The molecule has 57 valence electrons. The maximum absolute atomic E-state index is 12.4. The van der Waals surface area contributed by atoms with E-state index in [0.29, 0.717) is 6.07 Å². The zero-order valence-corrected chi connectivity index (χ0v) is 6.91. The SMILES string of the molecule is Fc1cc([As+])c(F)c(F)c1F. The fraction of sp³-hybridized carbons (Fsp3) is 0. The van der Waals surface area contributed by atoms with Crippen LogP contribution < -0.4 is 4.35 Å². The number of hydrogen-bond acceptors (Lipinski definition) is 0. The molecule has 0 spiro atoms. The van der Waals surface area contributed by atoms with Gasteiger partial charge in [0.05, 0.1) is 0 Å². The molecule has 11 heavy (non-hydrogen) atoms. The third-order valence-corrected chi connectivity index (χ3v) is 1.77. The molecule has 0 N–H and O–H groups in total. The van der Waals surface area contributed by atoms with Crippen LogP contribution in [0.15, 0.2) is 6.07 Å². The molecule has 0 nitrogen and oxygen atoms in total. The van der Waals surface area contributed by atoms with Gasteiger partial charge in [0.2, 0.25) is 0 Å². The van der Waals surface area contributed by atoms with E-state index in [2.05, 4.69) is 0 Å². The molecule has 0 fully saturated rings. The minimum atomic E-state index is -1.78. The predicted molar refractivity (Wildman–Crippen MR) is 31.7 cm³/mol. The van der Waals surface area contributed by atoms with Gasteiger partial charge in [-0.2, -0.15) is 0 Å². The Kier molecular flexibility index (Phi) is 2.23. The molecule has 1 aromatic rings. The second kappa shape index (κ2) is 2.86. The van der Waals surface area contributed by atoms with Crippen molar-refractivity contribution in [2.75, 3.05) is 0 Å². The summed E-state index contributed by atoms with van der Waals surface area (Å²) in [4.78, 5) is 0. The van der Waals surface area contributed by atoms with Crippen molar-refractivity contribution in [3.05, 3.63) is 29.3 Å². The second-order valence-electron chi connectivity index (χ2n) is 1.82. The number of rotatable bonds is 0. The Morgan fingerprint density at radius 3 is 2.00 bits per heavy atom. The van der Waals surface area contributed by atoms with Crippen LogP contribution in [0.5, 0.6) is 0 Å². The van der Waals surface area contributed by atoms with Gasteiger partial charge in [-0.1, -0.05) is 0 Å².